The summed E-state index contributed by atoms with van der Waals surface area (Å²) in [5, 5.41) is 38.2. The minimum atomic E-state index is -1.57. The molecule has 13 N–H and O–H groups in total. The second kappa shape index (κ2) is 18.9. The van der Waals surface area contributed by atoms with Gasteiger partial charge in [-0.05, 0) is 36.1 Å². The molecule has 0 fully saturated rings. The Kier molecular flexibility index (Phi) is 15.1. The Morgan fingerprint density at radius 1 is 0.702 bits per heavy atom. The molecule has 0 aliphatic heterocycles. The number of aliphatic carboxylic acids is 2. The first-order valence-electron chi connectivity index (χ1n) is 14.5. The molecule has 0 saturated carbocycles. The Hall–Kier alpha value is -5.71. The van der Waals surface area contributed by atoms with E-state index in [1.807, 2.05) is 0 Å². The lowest BCUT2D eigenvalue weighted by molar-refractivity contribution is -0.142. The van der Waals surface area contributed by atoms with Gasteiger partial charge in [0.1, 0.15) is 29.9 Å². The molecule has 2 aromatic rings. The van der Waals surface area contributed by atoms with Crippen molar-refractivity contribution in [3.63, 3.8) is 0 Å². The van der Waals surface area contributed by atoms with Crippen LogP contribution in [-0.2, 0) is 41.6 Å². The van der Waals surface area contributed by atoms with Crippen LogP contribution in [0, 0.1) is 0 Å². The van der Waals surface area contributed by atoms with Crippen molar-refractivity contribution in [1.29, 1.82) is 0 Å². The number of guanidine groups is 1. The quantitative estimate of drug-likeness (QED) is 0.0433. The monoisotopic (exact) mass is 656 g/mol. The number of aromatic hydroxyl groups is 1. The largest absolute Gasteiger partial charge is 0.508 e. The third-order valence-electron chi connectivity index (χ3n) is 6.70. The zero-order valence-electron chi connectivity index (χ0n) is 25.4. The van der Waals surface area contributed by atoms with E-state index in [1.165, 1.54) is 24.3 Å². The zero-order valence-corrected chi connectivity index (χ0v) is 25.4. The van der Waals surface area contributed by atoms with Gasteiger partial charge >= 0.3 is 11.9 Å². The van der Waals surface area contributed by atoms with E-state index in [9.17, 15) is 44.1 Å². The van der Waals surface area contributed by atoms with E-state index in [0.717, 1.165) is 0 Å². The number of carboxylic acids is 2. The molecule has 4 amide bonds. The van der Waals surface area contributed by atoms with Gasteiger partial charge in [0.25, 0.3) is 0 Å². The summed E-state index contributed by atoms with van der Waals surface area (Å²) < 4.78 is 0. The summed E-state index contributed by atoms with van der Waals surface area (Å²) in [5.41, 5.74) is 17.1. The number of nitrogens with two attached hydrogens (primary N) is 3. The Labute approximate surface area is 270 Å². The fourth-order valence-corrected chi connectivity index (χ4v) is 4.35. The number of amides is 4. The molecule has 47 heavy (non-hydrogen) atoms. The number of phenols is 1. The zero-order chi connectivity index (χ0) is 34.9. The number of hydrogen-bond acceptors (Lipinski definition) is 9. The highest BCUT2D eigenvalue weighted by molar-refractivity contribution is 5.96. The number of carbonyl (C=O) groups excluding carboxylic acids is 4. The molecule has 4 atom stereocenters. The fourth-order valence-electron chi connectivity index (χ4n) is 4.35. The number of rotatable bonds is 19. The highest BCUT2D eigenvalue weighted by Gasteiger charge is 2.32. The number of nitrogens with zero attached hydrogens (tertiary/aromatic N) is 1. The molecule has 0 unspecified atom stereocenters. The van der Waals surface area contributed by atoms with Gasteiger partial charge in [-0.2, -0.15) is 0 Å². The maximum atomic E-state index is 13.7. The summed E-state index contributed by atoms with van der Waals surface area (Å²) in [6.07, 6.45) is -0.884. The number of benzene rings is 2. The highest BCUT2D eigenvalue weighted by atomic mass is 16.4. The van der Waals surface area contributed by atoms with E-state index in [0.29, 0.717) is 11.1 Å². The SMILES string of the molecule is NCC(=O)N[C@@H](CC(=O)O)C(=O)N[C@@H](Cc1ccccc1)C(=O)N[C@@H](CCCN=C(N)N)C(=O)N[C@@H](Cc1ccc(O)cc1)C(=O)O. The Morgan fingerprint density at radius 2 is 1.23 bits per heavy atom. The van der Waals surface area contributed by atoms with Crippen molar-refractivity contribution in [1.82, 2.24) is 21.3 Å². The molecule has 254 valence electrons. The molecule has 0 aromatic heterocycles. The predicted octanol–water partition coefficient (Wildman–Crippen LogP) is -2.31. The second-order valence-electron chi connectivity index (χ2n) is 10.5. The van der Waals surface area contributed by atoms with E-state index >= 15 is 0 Å². The summed E-state index contributed by atoms with van der Waals surface area (Å²) >= 11 is 0. The lowest BCUT2D eigenvalue weighted by Gasteiger charge is -2.26. The van der Waals surface area contributed by atoms with Gasteiger partial charge in [0, 0.05) is 19.4 Å². The van der Waals surface area contributed by atoms with E-state index < -0.39 is 72.7 Å². The van der Waals surface area contributed by atoms with Crippen LogP contribution < -0.4 is 38.5 Å². The molecule has 0 heterocycles. The summed E-state index contributed by atoms with van der Waals surface area (Å²) in [5.74, 6) is -6.46. The van der Waals surface area contributed by atoms with Gasteiger partial charge in [-0.3, -0.25) is 29.0 Å². The van der Waals surface area contributed by atoms with Crippen LogP contribution in [0.4, 0.5) is 0 Å². The van der Waals surface area contributed by atoms with E-state index in [1.54, 1.807) is 30.3 Å². The minimum Gasteiger partial charge on any atom is -0.508 e. The number of hydrogen-bond donors (Lipinski definition) is 10. The smallest absolute Gasteiger partial charge is 0.326 e. The second-order valence-corrected chi connectivity index (χ2v) is 10.5. The first kappa shape index (κ1) is 37.5. The molecular formula is C30H40N8O9. The molecule has 0 spiro atoms. The van der Waals surface area contributed by atoms with Gasteiger partial charge < -0.3 is 53.8 Å². The van der Waals surface area contributed by atoms with Gasteiger partial charge in [-0.25, -0.2) is 4.79 Å². The van der Waals surface area contributed by atoms with Crippen molar-refractivity contribution >= 4 is 41.5 Å². The van der Waals surface area contributed by atoms with Crippen molar-refractivity contribution in [2.24, 2.45) is 22.2 Å². The van der Waals surface area contributed by atoms with Gasteiger partial charge in [0.15, 0.2) is 5.96 Å². The van der Waals surface area contributed by atoms with Gasteiger partial charge in [-0.1, -0.05) is 42.5 Å². The predicted molar refractivity (Wildman–Crippen MR) is 169 cm³/mol. The van der Waals surface area contributed by atoms with E-state index in [4.69, 9.17) is 17.2 Å². The Bertz CT molecular complexity index is 1420. The molecule has 0 bridgehead atoms. The fraction of sp³-hybridized carbons (Fsp3) is 0.367. The Balaban J connectivity index is 2.34. The summed E-state index contributed by atoms with van der Waals surface area (Å²) in [4.78, 5) is 79.4. The third kappa shape index (κ3) is 13.9. The van der Waals surface area contributed by atoms with E-state index in [2.05, 4.69) is 26.3 Å². The van der Waals surface area contributed by atoms with Crippen LogP contribution in [0.1, 0.15) is 30.4 Å². The molecule has 0 saturated heterocycles. The number of carboxylic acid groups (broad SMARTS) is 2. The first-order valence-corrected chi connectivity index (χ1v) is 14.5. The summed E-state index contributed by atoms with van der Waals surface area (Å²) in [6.45, 7) is -0.433. The topological polar surface area (TPSA) is 302 Å². The summed E-state index contributed by atoms with van der Waals surface area (Å²) in [7, 11) is 0. The first-order chi connectivity index (χ1) is 22.3. The maximum absolute atomic E-state index is 13.7. The van der Waals surface area contributed by atoms with Crippen molar-refractivity contribution in [3.05, 3.63) is 65.7 Å². The summed E-state index contributed by atoms with van der Waals surface area (Å²) in [6, 6.07) is 8.55. The maximum Gasteiger partial charge on any atom is 0.326 e. The van der Waals surface area contributed by atoms with Crippen LogP contribution in [0.25, 0.3) is 0 Å². The van der Waals surface area contributed by atoms with Crippen LogP contribution in [0.15, 0.2) is 59.6 Å². The van der Waals surface area contributed by atoms with Crippen LogP contribution in [0.5, 0.6) is 5.75 Å². The minimum absolute atomic E-state index is 0.0265. The molecule has 2 aromatic carbocycles. The molecule has 17 heteroatoms. The lowest BCUT2D eigenvalue weighted by atomic mass is 10.0. The van der Waals surface area contributed by atoms with Gasteiger partial charge in [0.2, 0.25) is 23.6 Å². The number of phenolic OH excluding ortho intramolecular Hbond substituents is 1. The van der Waals surface area contributed by atoms with Crippen molar-refractivity contribution in [3.8, 4) is 5.75 Å². The van der Waals surface area contributed by atoms with E-state index in [-0.39, 0.29) is 43.9 Å². The molecule has 17 nitrogen and oxygen atoms in total. The third-order valence-corrected chi connectivity index (χ3v) is 6.70. The Morgan fingerprint density at radius 3 is 1.81 bits per heavy atom. The average Bonchev–Trinajstić information content (AvgIpc) is 3.02. The molecular weight excluding hydrogens is 616 g/mol. The van der Waals surface area contributed by atoms with Gasteiger partial charge in [-0.15, -0.1) is 0 Å². The van der Waals surface area contributed by atoms with Crippen molar-refractivity contribution in [2.75, 3.05) is 13.1 Å². The van der Waals surface area contributed by atoms with Crippen LogP contribution in [0.2, 0.25) is 0 Å². The molecule has 0 aliphatic rings. The van der Waals surface area contributed by atoms with Crippen LogP contribution in [-0.4, -0.2) is 94.1 Å². The number of carbonyl (C=O) groups is 6. The molecule has 0 aliphatic carbocycles. The highest BCUT2D eigenvalue weighted by Crippen LogP contribution is 2.12. The number of nitrogens with one attached hydrogen (secondary N) is 4. The van der Waals surface area contributed by atoms with Crippen molar-refractivity contribution in [2.45, 2.75) is 56.3 Å². The normalized spacial score (nSPS) is 13.1. The number of aliphatic imine (C=N–C) groups is 1. The molecule has 0 radical (unpaired) electrons. The average molecular weight is 657 g/mol. The van der Waals surface area contributed by atoms with Crippen LogP contribution in [0.3, 0.4) is 0 Å². The van der Waals surface area contributed by atoms with Crippen molar-refractivity contribution < 1.29 is 44.1 Å². The standard InChI is InChI=1S/C30H40N8O9/c31-16-24(40)35-22(15-25(41)42)28(45)37-21(13-17-5-2-1-3-6-17)27(44)36-20(7-4-12-34-30(32)33)26(43)38-23(29(46)47)14-18-8-10-19(39)11-9-18/h1-3,5-6,8-11,20-23,39H,4,7,12-16,31H2,(H,35,40)(H,36,44)(H,37,45)(H,38,43)(H,41,42)(H,46,47)(H4,32,33,34)/t20-,21-,22-,23-/m0/s1. The van der Waals surface area contributed by atoms with Gasteiger partial charge in [0.05, 0.1) is 13.0 Å². The lowest BCUT2D eigenvalue weighted by Crippen LogP contribution is -2.58. The molecule has 2 rings (SSSR count). The van der Waals surface area contributed by atoms with Crippen LogP contribution >= 0.6 is 0 Å².